The molecule has 0 bridgehead atoms. The van der Waals surface area contributed by atoms with Gasteiger partial charge in [-0.3, -0.25) is 4.79 Å². The molecule has 3 amide bonds. The molecule has 0 radical (unpaired) electrons. The van der Waals surface area contributed by atoms with Crippen LogP contribution in [0.15, 0.2) is 30.5 Å². The Kier molecular flexibility index (Phi) is 6.03. The molecule has 5 rings (SSSR count). The molecule has 1 aliphatic heterocycles. The van der Waals surface area contributed by atoms with E-state index < -0.39 is 35.8 Å². The molecule has 1 aromatic carbocycles. The summed E-state index contributed by atoms with van der Waals surface area (Å²) in [6.07, 6.45) is 3.20. The van der Waals surface area contributed by atoms with Gasteiger partial charge in [-0.2, -0.15) is 0 Å². The number of imidazole rings is 1. The highest BCUT2D eigenvalue weighted by molar-refractivity contribution is 5.89. The number of halogens is 1. The summed E-state index contributed by atoms with van der Waals surface area (Å²) < 4.78 is 18.5. The molecule has 1 saturated heterocycles. The largest absolute Gasteiger partial charge is 0.392 e. The lowest BCUT2D eigenvalue weighted by molar-refractivity contribution is -0.142. The number of H-pyrrole nitrogens is 1. The number of amides is 3. The topological polar surface area (TPSA) is 120 Å². The molecule has 2 saturated carbocycles. The molecule has 176 valence electrons. The monoisotopic (exact) mass is 457 g/mol. The molecule has 2 heterocycles. The number of rotatable bonds is 5. The Morgan fingerprint density at radius 3 is 2.61 bits per heavy atom. The summed E-state index contributed by atoms with van der Waals surface area (Å²) in [6.45, 7) is 1.94. The van der Waals surface area contributed by atoms with Gasteiger partial charge in [0.15, 0.2) is 0 Å². The first-order chi connectivity index (χ1) is 16.0. The zero-order chi connectivity index (χ0) is 22.9. The second-order valence-corrected chi connectivity index (χ2v) is 9.01. The first-order valence-electron chi connectivity index (χ1n) is 11.4. The van der Waals surface area contributed by atoms with Gasteiger partial charge in [-0.25, -0.2) is 14.2 Å². The second kappa shape index (κ2) is 9.11. The number of aliphatic hydroxyl groups excluding tert-OH is 1. The molecule has 2 aromatic rings. The number of morpholine rings is 1. The number of hydrogen-bond acceptors (Lipinski definition) is 5. The molecule has 0 spiro atoms. The van der Waals surface area contributed by atoms with E-state index in [1.807, 2.05) is 0 Å². The van der Waals surface area contributed by atoms with Crippen LogP contribution in [0, 0.1) is 11.7 Å². The molecule has 4 N–H and O–H groups in total. The summed E-state index contributed by atoms with van der Waals surface area (Å²) in [5.74, 6) is -0.363. The summed E-state index contributed by atoms with van der Waals surface area (Å²) in [7, 11) is 0. The number of aromatic nitrogens is 2. The summed E-state index contributed by atoms with van der Waals surface area (Å²) in [5.41, 5.74) is 1.16. The lowest BCUT2D eigenvalue weighted by Crippen LogP contribution is -2.45. The minimum absolute atomic E-state index is 0.124. The van der Waals surface area contributed by atoms with Crippen molar-refractivity contribution in [3.63, 3.8) is 0 Å². The number of carbonyl (C=O) groups is 2. The van der Waals surface area contributed by atoms with Crippen LogP contribution in [0.2, 0.25) is 0 Å². The van der Waals surface area contributed by atoms with E-state index in [0.29, 0.717) is 50.0 Å². The van der Waals surface area contributed by atoms with Crippen LogP contribution in [0.4, 0.5) is 14.9 Å². The Balaban J connectivity index is 1.34. The smallest absolute Gasteiger partial charge is 0.319 e. The van der Waals surface area contributed by atoms with Crippen LogP contribution in [0.5, 0.6) is 0 Å². The lowest BCUT2D eigenvalue weighted by atomic mass is 9.96. The fourth-order valence-electron chi connectivity index (χ4n) is 4.82. The second-order valence-electron chi connectivity index (χ2n) is 9.01. The van der Waals surface area contributed by atoms with E-state index in [4.69, 9.17) is 4.74 Å². The number of anilines is 1. The summed E-state index contributed by atoms with van der Waals surface area (Å²) >= 11 is 0. The van der Waals surface area contributed by atoms with Crippen LogP contribution in [-0.4, -0.2) is 70.4 Å². The van der Waals surface area contributed by atoms with Crippen LogP contribution < -0.4 is 10.6 Å². The standard InChI is InChI=1S/C23H28FN5O4/c24-14-3-5-15(6-4-14)26-23(32)28-17-11-16(22(31)29-7-9-33-10-8-29)20(30)19(17)18-12-25-21(27-18)13-1-2-13/h3-6,12-13,16-17,19-20,30H,1-2,7-11H2,(H,25,27)(H2,26,28,32)/t16-,17+,19+,20+/m0/s1. The Labute approximate surface area is 190 Å². The third kappa shape index (κ3) is 4.72. The molecule has 3 aliphatic rings. The maximum Gasteiger partial charge on any atom is 0.319 e. The fourth-order valence-corrected chi connectivity index (χ4v) is 4.82. The van der Waals surface area contributed by atoms with Gasteiger partial charge in [0.1, 0.15) is 11.6 Å². The van der Waals surface area contributed by atoms with Crippen LogP contribution in [0.1, 0.15) is 42.6 Å². The van der Waals surface area contributed by atoms with Gasteiger partial charge < -0.3 is 30.4 Å². The predicted octanol–water partition coefficient (Wildman–Crippen LogP) is 1.94. The highest BCUT2D eigenvalue weighted by Gasteiger charge is 2.49. The van der Waals surface area contributed by atoms with Crippen molar-refractivity contribution in [2.24, 2.45) is 5.92 Å². The van der Waals surface area contributed by atoms with Crippen LogP contribution in [0.3, 0.4) is 0 Å². The molecule has 9 nitrogen and oxygen atoms in total. The van der Waals surface area contributed by atoms with E-state index in [1.165, 1.54) is 24.3 Å². The molecular weight excluding hydrogens is 429 g/mol. The van der Waals surface area contributed by atoms with Crippen molar-refractivity contribution in [2.75, 3.05) is 31.6 Å². The minimum Gasteiger partial charge on any atom is -0.392 e. The number of carbonyl (C=O) groups excluding carboxylic acids is 2. The van der Waals surface area contributed by atoms with Crippen molar-refractivity contribution >= 4 is 17.6 Å². The average molecular weight is 458 g/mol. The highest BCUT2D eigenvalue weighted by Crippen LogP contribution is 2.42. The molecule has 3 fully saturated rings. The van der Waals surface area contributed by atoms with E-state index in [9.17, 15) is 19.1 Å². The summed E-state index contributed by atoms with van der Waals surface area (Å²) in [4.78, 5) is 35.4. The predicted molar refractivity (Wildman–Crippen MR) is 117 cm³/mol. The average Bonchev–Trinajstić information content (AvgIpc) is 3.47. The highest BCUT2D eigenvalue weighted by atomic mass is 19.1. The number of benzene rings is 1. The molecule has 0 unspecified atom stereocenters. The first kappa shape index (κ1) is 21.8. The van der Waals surface area contributed by atoms with Crippen LogP contribution >= 0.6 is 0 Å². The third-order valence-electron chi connectivity index (χ3n) is 6.72. The minimum atomic E-state index is -0.969. The normalized spacial score (nSPS) is 27.4. The van der Waals surface area contributed by atoms with Crippen LogP contribution in [-0.2, 0) is 9.53 Å². The van der Waals surface area contributed by atoms with Gasteiger partial charge in [-0.15, -0.1) is 0 Å². The van der Waals surface area contributed by atoms with Crippen molar-refractivity contribution in [3.8, 4) is 0 Å². The zero-order valence-corrected chi connectivity index (χ0v) is 18.2. The van der Waals surface area contributed by atoms with Crippen molar-refractivity contribution in [2.45, 2.75) is 43.2 Å². The van der Waals surface area contributed by atoms with Gasteiger partial charge in [0, 0.05) is 48.5 Å². The maximum absolute atomic E-state index is 13.2. The molecular formula is C23H28FN5O4. The Bertz CT molecular complexity index is 1000. The SMILES string of the molecule is O=C(Nc1ccc(F)cc1)N[C@@H]1C[C@H](C(=O)N2CCOCC2)[C@@H](O)[C@H]1c1cnc(C2CC2)[nH]1. The summed E-state index contributed by atoms with van der Waals surface area (Å²) in [6, 6.07) is 4.50. The van der Waals surface area contributed by atoms with Crippen molar-refractivity contribution in [1.82, 2.24) is 20.2 Å². The van der Waals surface area contributed by atoms with Gasteiger partial charge >= 0.3 is 6.03 Å². The van der Waals surface area contributed by atoms with Gasteiger partial charge in [0.2, 0.25) is 5.91 Å². The Hall–Kier alpha value is -2.98. The third-order valence-corrected chi connectivity index (χ3v) is 6.72. The van der Waals surface area contributed by atoms with Gasteiger partial charge in [-0.05, 0) is 43.5 Å². The number of nitrogens with zero attached hydrogens (tertiary/aromatic N) is 2. The van der Waals surface area contributed by atoms with Crippen molar-refractivity contribution < 1.29 is 23.8 Å². The molecule has 4 atom stereocenters. The molecule has 1 aromatic heterocycles. The first-order valence-corrected chi connectivity index (χ1v) is 11.4. The van der Waals surface area contributed by atoms with E-state index in [1.54, 1.807) is 11.1 Å². The van der Waals surface area contributed by atoms with E-state index in [0.717, 1.165) is 18.7 Å². The van der Waals surface area contributed by atoms with Gasteiger partial charge in [-0.1, -0.05) is 0 Å². The molecule has 10 heteroatoms. The number of aliphatic hydroxyl groups is 1. The Morgan fingerprint density at radius 2 is 1.91 bits per heavy atom. The molecule has 2 aliphatic carbocycles. The zero-order valence-electron chi connectivity index (χ0n) is 18.2. The fraction of sp³-hybridized carbons (Fsp3) is 0.522. The van der Waals surface area contributed by atoms with Crippen molar-refractivity contribution in [3.05, 3.63) is 47.8 Å². The van der Waals surface area contributed by atoms with E-state index in [2.05, 4.69) is 20.6 Å². The number of urea groups is 1. The number of ether oxygens (including phenoxy) is 1. The van der Waals surface area contributed by atoms with E-state index >= 15 is 0 Å². The maximum atomic E-state index is 13.2. The van der Waals surface area contributed by atoms with Gasteiger partial charge in [0.05, 0.1) is 25.2 Å². The number of hydrogen-bond donors (Lipinski definition) is 4. The van der Waals surface area contributed by atoms with Gasteiger partial charge in [0.25, 0.3) is 0 Å². The van der Waals surface area contributed by atoms with Crippen LogP contribution in [0.25, 0.3) is 0 Å². The summed E-state index contributed by atoms with van der Waals surface area (Å²) in [5, 5.41) is 16.8. The van der Waals surface area contributed by atoms with Crippen molar-refractivity contribution in [1.29, 1.82) is 0 Å². The molecule has 33 heavy (non-hydrogen) atoms. The lowest BCUT2D eigenvalue weighted by Gasteiger charge is -2.30. The number of nitrogens with one attached hydrogen (secondary N) is 3. The number of aromatic amines is 1. The van der Waals surface area contributed by atoms with E-state index in [-0.39, 0.29) is 5.91 Å². The quantitative estimate of drug-likeness (QED) is 0.547. The Morgan fingerprint density at radius 1 is 1.18 bits per heavy atom.